The molecule has 0 aliphatic carbocycles. The number of carboxylic acid groups (broad SMARTS) is 1. The molecule has 4 aromatic heterocycles. The van der Waals surface area contributed by atoms with Gasteiger partial charge in [-0.25, -0.2) is 14.8 Å². The van der Waals surface area contributed by atoms with Crippen LogP contribution in [-0.2, 0) is 6.54 Å². The Kier molecular flexibility index (Phi) is 4.11. The van der Waals surface area contributed by atoms with Crippen LogP contribution in [0, 0.1) is 0 Å². The first-order valence-corrected chi connectivity index (χ1v) is 9.92. The molecule has 0 aliphatic rings. The van der Waals surface area contributed by atoms with E-state index in [1.54, 1.807) is 40.5 Å². The molecule has 1 aromatic carbocycles. The number of nitrogen functional groups attached to an aromatic ring is 1. The standard InChI is InChI=1S/C21H15N5O3S/c22-17-6-11(3-5-23-17)9-26-15-8-14-16(30-10-25-14)7-13(15)18(19(26)21(28)29)12-2-1-4-24-20(12)27/h1-8,10H,9H2,(H2,22,23)(H,24,27)(H,28,29). The van der Waals surface area contributed by atoms with Gasteiger partial charge in [0.05, 0.1) is 21.2 Å². The Morgan fingerprint density at radius 3 is 2.87 bits per heavy atom. The molecule has 0 saturated carbocycles. The molecule has 148 valence electrons. The maximum Gasteiger partial charge on any atom is 0.353 e. The van der Waals surface area contributed by atoms with Gasteiger partial charge < -0.3 is 20.4 Å². The van der Waals surface area contributed by atoms with Crippen LogP contribution in [0.15, 0.2) is 59.1 Å². The first-order valence-electron chi connectivity index (χ1n) is 9.04. The predicted octanol–water partition coefficient (Wildman–Crippen LogP) is 3.33. The van der Waals surface area contributed by atoms with Crippen molar-refractivity contribution in [1.82, 2.24) is 19.5 Å². The maximum atomic E-state index is 12.6. The zero-order valence-electron chi connectivity index (χ0n) is 15.5. The minimum absolute atomic E-state index is 0.0368. The monoisotopic (exact) mass is 417 g/mol. The summed E-state index contributed by atoms with van der Waals surface area (Å²) in [6.07, 6.45) is 3.10. The van der Waals surface area contributed by atoms with Crippen LogP contribution < -0.4 is 11.3 Å². The van der Waals surface area contributed by atoms with Crippen LogP contribution in [0.25, 0.3) is 32.2 Å². The van der Waals surface area contributed by atoms with Gasteiger partial charge in [-0.15, -0.1) is 11.3 Å². The number of benzene rings is 1. The number of hydrogen-bond acceptors (Lipinski definition) is 6. The van der Waals surface area contributed by atoms with Crippen molar-refractivity contribution < 1.29 is 9.90 Å². The molecule has 4 heterocycles. The highest BCUT2D eigenvalue weighted by Crippen LogP contribution is 2.37. The van der Waals surface area contributed by atoms with E-state index in [1.807, 2.05) is 12.1 Å². The molecule has 0 aliphatic heterocycles. The summed E-state index contributed by atoms with van der Waals surface area (Å²) in [5.74, 6) is -0.773. The lowest BCUT2D eigenvalue weighted by Gasteiger charge is -2.10. The summed E-state index contributed by atoms with van der Waals surface area (Å²) in [6, 6.07) is 10.6. The smallest absolute Gasteiger partial charge is 0.353 e. The van der Waals surface area contributed by atoms with Crippen LogP contribution in [0.5, 0.6) is 0 Å². The van der Waals surface area contributed by atoms with Crippen molar-refractivity contribution >= 4 is 44.2 Å². The molecule has 8 nitrogen and oxygen atoms in total. The number of thiazole rings is 1. The molecule has 5 rings (SSSR count). The number of nitrogens with zero attached hydrogens (tertiary/aromatic N) is 3. The Morgan fingerprint density at radius 1 is 1.23 bits per heavy atom. The van der Waals surface area contributed by atoms with Gasteiger partial charge in [0.15, 0.2) is 0 Å². The van der Waals surface area contributed by atoms with Crippen molar-refractivity contribution in [2.45, 2.75) is 6.54 Å². The van der Waals surface area contributed by atoms with E-state index in [4.69, 9.17) is 5.73 Å². The second-order valence-electron chi connectivity index (χ2n) is 6.81. The molecule has 0 amide bonds. The van der Waals surface area contributed by atoms with Crippen molar-refractivity contribution in [1.29, 1.82) is 0 Å². The Balaban J connectivity index is 1.90. The van der Waals surface area contributed by atoms with Crippen molar-refractivity contribution in [3.05, 3.63) is 75.9 Å². The number of carboxylic acids is 1. The van der Waals surface area contributed by atoms with Gasteiger partial charge >= 0.3 is 5.97 Å². The second kappa shape index (κ2) is 6.82. The summed E-state index contributed by atoms with van der Waals surface area (Å²) in [4.78, 5) is 36.0. The lowest BCUT2D eigenvalue weighted by atomic mass is 10.0. The predicted molar refractivity (Wildman–Crippen MR) is 116 cm³/mol. The normalized spacial score (nSPS) is 11.3. The van der Waals surface area contributed by atoms with Gasteiger partial charge in [-0.3, -0.25) is 4.79 Å². The van der Waals surface area contributed by atoms with Crippen molar-refractivity contribution in [2.75, 3.05) is 5.73 Å². The Labute approximate surface area is 173 Å². The third-order valence-electron chi connectivity index (χ3n) is 4.99. The number of aromatic amines is 1. The molecule has 9 heteroatoms. The summed E-state index contributed by atoms with van der Waals surface area (Å²) in [5, 5.41) is 10.8. The SMILES string of the molecule is Nc1cc(Cn2c(C(=O)O)c(-c3ccc[nH]c3=O)c3cc4scnc4cc32)ccn1. The number of hydrogen-bond donors (Lipinski definition) is 3. The van der Waals surface area contributed by atoms with Gasteiger partial charge in [-0.1, -0.05) is 0 Å². The van der Waals surface area contributed by atoms with Gasteiger partial charge in [0.25, 0.3) is 5.56 Å². The van der Waals surface area contributed by atoms with E-state index in [1.165, 1.54) is 17.5 Å². The molecule has 30 heavy (non-hydrogen) atoms. The van der Waals surface area contributed by atoms with Crippen LogP contribution in [0.2, 0.25) is 0 Å². The largest absolute Gasteiger partial charge is 0.477 e. The fraction of sp³-hybridized carbons (Fsp3) is 0.0476. The van der Waals surface area contributed by atoms with E-state index in [-0.39, 0.29) is 17.8 Å². The fourth-order valence-electron chi connectivity index (χ4n) is 3.75. The summed E-state index contributed by atoms with van der Waals surface area (Å²) in [7, 11) is 0. The first kappa shape index (κ1) is 18.1. The fourth-order valence-corrected chi connectivity index (χ4v) is 4.45. The Bertz CT molecular complexity index is 1500. The topological polar surface area (TPSA) is 127 Å². The average Bonchev–Trinajstić information content (AvgIpc) is 3.29. The Morgan fingerprint density at radius 2 is 2.10 bits per heavy atom. The number of rotatable bonds is 4. The van der Waals surface area contributed by atoms with Crippen molar-refractivity contribution in [2.24, 2.45) is 0 Å². The highest BCUT2D eigenvalue weighted by Gasteiger charge is 2.26. The number of pyridine rings is 2. The summed E-state index contributed by atoms with van der Waals surface area (Å²) < 4.78 is 2.60. The average molecular weight is 417 g/mol. The van der Waals surface area contributed by atoms with Crippen molar-refractivity contribution in [3.63, 3.8) is 0 Å². The molecule has 0 bridgehead atoms. The third-order valence-corrected chi connectivity index (χ3v) is 5.78. The molecule has 5 aromatic rings. The molecule has 0 saturated heterocycles. The Hall–Kier alpha value is -3.98. The molecular weight excluding hydrogens is 402 g/mol. The van der Waals surface area contributed by atoms with Gasteiger partial charge in [0.2, 0.25) is 0 Å². The van der Waals surface area contributed by atoms with Gasteiger partial charge in [0.1, 0.15) is 11.5 Å². The quantitative estimate of drug-likeness (QED) is 0.412. The van der Waals surface area contributed by atoms with Crippen LogP contribution >= 0.6 is 11.3 Å². The lowest BCUT2D eigenvalue weighted by molar-refractivity contribution is 0.0687. The lowest BCUT2D eigenvalue weighted by Crippen LogP contribution is -2.13. The number of anilines is 1. The highest BCUT2D eigenvalue weighted by atomic mass is 32.1. The zero-order chi connectivity index (χ0) is 20.8. The van der Waals surface area contributed by atoms with Crippen LogP contribution in [0.3, 0.4) is 0 Å². The number of aromatic carboxylic acids is 1. The number of aromatic nitrogens is 4. The van der Waals surface area contributed by atoms with E-state index in [0.29, 0.717) is 27.8 Å². The van der Waals surface area contributed by atoms with Crippen LogP contribution in [0.4, 0.5) is 5.82 Å². The molecule has 0 unspecified atom stereocenters. The van der Waals surface area contributed by atoms with E-state index in [0.717, 1.165) is 15.8 Å². The van der Waals surface area contributed by atoms with Gasteiger partial charge in [-0.2, -0.15) is 0 Å². The molecule has 4 N–H and O–H groups in total. The molecular formula is C21H15N5O3S. The van der Waals surface area contributed by atoms with Crippen molar-refractivity contribution in [3.8, 4) is 11.1 Å². The number of carbonyl (C=O) groups is 1. The molecule has 0 spiro atoms. The summed E-state index contributed by atoms with van der Waals surface area (Å²) in [6.45, 7) is 0.255. The van der Waals surface area contributed by atoms with Gasteiger partial charge in [-0.05, 0) is 42.0 Å². The van der Waals surface area contributed by atoms with E-state index in [9.17, 15) is 14.7 Å². The molecule has 0 radical (unpaired) electrons. The molecule has 0 atom stereocenters. The van der Waals surface area contributed by atoms with E-state index in [2.05, 4.69) is 15.0 Å². The first-order chi connectivity index (χ1) is 14.5. The van der Waals surface area contributed by atoms with Gasteiger partial charge in [0, 0.05) is 35.5 Å². The second-order valence-corrected chi connectivity index (χ2v) is 7.69. The number of nitrogens with two attached hydrogens (primary N) is 1. The maximum absolute atomic E-state index is 12.6. The third kappa shape index (κ3) is 2.83. The minimum atomic E-state index is -1.12. The summed E-state index contributed by atoms with van der Waals surface area (Å²) >= 11 is 1.46. The highest BCUT2D eigenvalue weighted by molar-refractivity contribution is 7.16. The number of nitrogens with one attached hydrogen (secondary N) is 1. The van der Waals surface area contributed by atoms with Crippen LogP contribution in [0.1, 0.15) is 16.1 Å². The van der Waals surface area contributed by atoms with Crippen LogP contribution in [-0.4, -0.2) is 30.6 Å². The minimum Gasteiger partial charge on any atom is -0.477 e. The van der Waals surface area contributed by atoms with E-state index >= 15 is 0 Å². The summed E-state index contributed by atoms with van der Waals surface area (Å²) in [5.41, 5.74) is 10.2. The van der Waals surface area contributed by atoms with E-state index < -0.39 is 5.97 Å². The number of H-pyrrole nitrogens is 1. The number of fused-ring (bicyclic) bond motifs is 2. The zero-order valence-corrected chi connectivity index (χ0v) is 16.3. The molecule has 0 fully saturated rings.